The minimum Gasteiger partial charge on any atom is -0.313 e. The molecule has 2 nitrogen and oxygen atoms in total. The summed E-state index contributed by atoms with van der Waals surface area (Å²) >= 11 is 6.10. The molecule has 19 heavy (non-hydrogen) atoms. The molecule has 0 atom stereocenters. The number of hydrogen-bond donors (Lipinski definition) is 1. The maximum absolute atomic E-state index is 13.3. The van der Waals surface area contributed by atoms with Crippen molar-refractivity contribution in [3.63, 3.8) is 0 Å². The lowest BCUT2D eigenvalue weighted by Gasteiger charge is -2.07. The predicted molar refractivity (Wildman–Crippen MR) is 76.6 cm³/mol. The first-order valence-electron chi connectivity index (χ1n) is 6.30. The third kappa shape index (κ3) is 3.75. The molecule has 1 aromatic carbocycles. The Balaban J connectivity index is 2.24. The smallest absolute Gasteiger partial charge is 0.123 e. The van der Waals surface area contributed by atoms with Crippen molar-refractivity contribution in [1.82, 2.24) is 10.3 Å². The van der Waals surface area contributed by atoms with Crippen molar-refractivity contribution >= 4 is 11.6 Å². The number of rotatable bonds is 5. The van der Waals surface area contributed by atoms with Crippen molar-refractivity contribution in [2.45, 2.75) is 19.9 Å². The van der Waals surface area contributed by atoms with Gasteiger partial charge in [0.25, 0.3) is 0 Å². The maximum atomic E-state index is 13.3. The van der Waals surface area contributed by atoms with Gasteiger partial charge in [0.2, 0.25) is 0 Å². The van der Waals surface area contributed by atoms with Gasteiger partial charge in [-0.2, -0.15) is 0 Å². The van der Waals surface area contributed by atoms with E-state index in [1.54, 1.807) is 18.5 Å². The van der Waals surface area contributed by atoms with Crippen LogP contribution in [-0.2, 0) is 6.54 Å². The zero-order chi connectivity index (χ0) is 13.7. The molecule has 0 aliphatic rings. The molecular weight excluding hydrogens is 263 g/mol. The Morgan fingerprint density at radius 3 is 2.89 bits per heavy atom. The van der Waals surface area contributed by atoms with Crippen LogP contribution in [0.25, 0.3) is 11.1 Å². The van der Waals surface area contributed by atoms with E-state index in [0.29, 0.717) is 10.6 Å². The van der Waals surface area contributed by atoms with Gasteiger partial charge in [0.15, 0.2) is 0 Å². The number of aromatic nitrogens is 1. The summed E-state index contributed by atoms with van der Waals surface area (Å²) in [7, 11) is 0. The van der Waals surface area contributed by atoms with Gasteiger partial charge < -0.3 is 5.32 Å². The Morgan fingerprint density at radius 1 is 1.26 bits per heavy atom. The molecule has 1 heterocycles. The van der Waals surface area contributed by atoms with Crippen molar-refractivity contribution in [3.05, 3.63) is 53.1 Å². The van der Waals surface area contributed by atoms with Crippen molar-refractivity contribution in [2.75, 3.05) is 6.54 Å². The number of halogens is 2. The molecule has 0 aliphatic carbocycles. The predicted octanol–water partition coefficient (Wildman–Crippen LogP) is 4.04. The quantitative estimate of drug-likeness (QED) is 0.835. The topological polar surface area (TPSA) is 24.9 Å². The van der Waals surface area contributed by atoms with Crippen molar-refractivity contribution < 1.29 is 4.39 Å². The van der Waals surface area contributed by atoms with Crippen LogP contribution in [0, 0.1) is 5.82 Å². The van der Waals surface area contributed by atoms with Gasteiger partial charge in [-0.15, -0.1) is 0 Å². The monoisotopic (exact) mass is 278 g/mol. The highest BCUT2D eigenvalue weighted by Gasteiger charge is 2.06. The van der Waals surface area contributed by atoms with Crippen LogP contribution < -0.4 is 5.32 Å². The van der Waals surface area contributed by atoms with Crippen molar-refractivity contribution in [1.29, 1.82) is 0 Å². The summed E-state index contributed by atoms with van der Waals surface area (Å²) in [4.78, 5) is 4.19. The van der Waals surface area contributed by atoms with Gasteiger partial charge in [0.05, 0.1) is 0 Å². The van der Waals surface area contributed by atoms with Crippen LogP contribution in [0.2, 0.25) is 5.02 Å². The first-order chi connectivity index (χ1) is 9.20. The summed E-state index contributed by atoms with van der Waals surface area (Å²) in [6, 6.07) is 6.33. The summed E-state index contributed by atoms with van der Waals surface area (Å²) in [5.74, 6) is -0.297. The van der Waals surface area contributed by atoms with E-state index in [0.717, 1.165) is 30.6 Å². The largest absolute Gasteiger partial charge is 0.313 e. The van der Waals surface area contributed by atoms with Gasteiger partial charge >= 0.3 is 0 Å². The molecule has 4 heteroatoms. The van der Waals surface area contributed by atoms with E-state index in [9.17, 15) is 4.39 Å². The average molecular weight is 279 g/mol. The molecular formula is C15H16ClFN2. The summed E-state index contributed by atoms with van der Waals surface area (Å²) < 4.78 is 13.3. The van der Waals surface area contributed by atoms with Crippen molar-refractivity contribution in [2.24, 2.45) is 0 Å². The van der Waals surface area contributed by atoms with Gasteiger partial charge in [-0.05, 0) is 42.8 Å². The van der Waals surface area contributed by atoms with Gasteiger partial charge in [0.1, 0.15) is 5.82 Å². The minimum absolute atomic E-state index is 0.297. The second kappa shape index (κ2) is 6.64. The number of hydrogen-bond acceptors (Lipinski definition) is 2. The van der Waals surface area contributed by atoms with Crippen LogP contribution in [0.4, 0.5) is 4.39 Å². The lowest BCUT2D eigenvalue weighted by atomic mass is 10.1. The number of pyridine rings is 1. The van der Waals surface area contributed by atoms with Crippen LogP contribution in [0.1, 0.15) is 18.9 Å². The summed E-state index contributed by atoms with van der Waals surface area (Å²) in [6.45, 7) is 3.83. The molecule has 1 aromatic heterocycles. The lowest BCUT2D eigenvalue weighted by Crippen LogP contribution is -2.13. The van der Waals surface area contributed by atoms with E-state index in [4.69, 9.17) is 11.6 Å². The zero-order valence-corrected chi connectivity index (χ0v) is 11.5. The molecule has 0 saturated heterocycles. The van der Waals surface area contributed by atoms with E-state index in [1.807, 2.05) is 6.07 Å². The van der Waals surface area contributed by atoms with Crippen LogP contribution in [0.15, 0.2) is 36.7 Å². The maximum Gasteiger partial charge on any atom is 0.123 e. The number of benzene rings is 1. The molecule has 1 N–H and O–H groups in total. The highest BCUT2D eigenvalue weighted by atomic mass is 35.5. The third-order valence-electron chi connectivity index (χ3n) is 2.79. The van der Waals surface area contributed by atoms with Gasteiger partial charge in [-0.25, -0.2) is 4.39 Å². The highest BCUT2D eigenvalue weighted by Crippen LogP contribution is 2.28. The zero-order valence-electron chi connectivity index (χ0n) is 10.8. The lowest BCUT2D eigenvalue weighted by molar-refractivity contribution is 0.628. The van der Waals surface area contributed by atoms with Gasteiger partial charge in [-0.3, -0.25) is 4.98 Å². The highest BCUT2D eigenvalue weighted by molar-refractivity contribution is 6.33. The number of nitrogens with zero attached hydrogens (tertiary/aromatic N) is 1. The Morgan fingerprint density at radius 2 is 2.11 bits per heavy atom. The third-order valence-corrected chi connectivity index (χ3v) is 3.12. The molecule has 0 radical (unpaired) electrons. The Kier molecular flexibility index (Phi) is 4.88. The van der Waals surface area contributed by atoms with E-state index in [1.165, 1.54) is 12.1 Å². The van der Waals surface area contributed by atoms with Crippen molar-refractivity contribution in [3.8, 4) is 11.1 Å². The van der Waals surface area contributed by atoms with E-state index < -0.39 is 0 Å². The Labute approximate surface area is 117 Å². The van der Waals surface area contributed by atoms with Crippen LogP contribution >= 0.6 is 11.6 Å². The molecule has 0 unspecified atom stereocenters. The fourth-order valence-corrected chi connectivity index (χ4v) is 2.09. The van der Waals surface area contributed by atoms with Crippen LogP contribution in [0.3, 0.4) is 0 Å². The second-order valence-electron chi connectivity index (χ2n) is 4.38. The van der Waals surface area contributed by atoms with Gasteiger partial charge in [-0.1, -0.05) is 18.5 Å². The molecule has 0 fully saturated rings. The standard InChI is InChI=1S/C15H16ClFN2/c1-2-5-18-8-11-6-12(10-19-9-11)14-7-13(17)3-4-15(14)16/h3-4,6-7,9-10,18H,2,5,8H2,1H3. The molecule has 0 bridgehead atoms. The summed E-state index contributed by atoms with van der Waals surface area (Å²) in [6.07, 6.45) is 4.59. The molecule has 0 saturated carbocycles. The van der Waals surface area contributed by atoms with Crippen LogP contribution in [0.5, 0.6) is 0 Å². The van der Waals surface area contributed by atoms with E-state index in [-0.39, 0.29) is 5.82 Å². The summed E-state index contributed by atoms with van der Waals surface area (Å²) in [5.41, 5.74) is 2.57. The fourth-order valence-electron chi connectivity index (χ4n) is 1.86. The van der Waals surface area contributed by atoms with E-state index in [2.05, 4.69) is 17.2 Å². The van der Waals surface area contributed by atoms with Crippen LogP contribution in [-0.4, -0.2) is 11.5 Å². The number of nitrogens with one attached hydrogen (secondary N) is 1. The SMILES string of the molecule is CCCNCc1cncc(-c2cc(F)ccc2Cl)c1. The Hall–Kier alpha value is -1.45. The first kappa shape index (κ1) is 14.0. The normalized spacial score (nSPS) is 10.7. The molecule has 100 valence electrons. The average Bonchev–Trinajstić information content (AvgIpc) is 2.42. The Bertz CT molecular complexity index is 558. The minimum atomic E-state index is -0.297. The summed E-state index contributed by atoms with van der Waals surface area (Å²) in [5, 5.41) is 3.84. The first-order valence-corrected chi connectivity index (χ1v) is 6.68. The molecule has 0 aliphatic heterocycles. The molecule has 0 spiro atoms. The van der Waals surface area contributed by atoms with Gasteiger partial charge in [0, 0.05) is 35.1 Å². The fraction of sp³-hybridized carbons (Fsp3) is 0.267. The molecule has 2 aromatic rings. The molecule has 2 rings (SSSR count). The second-order valence-corrected chi connectivity index (χ2v) is 4.79. The molecule has 0 amide bonds. The van der Waals surface area contributed by atoms with E-state index >= 15 is 0 Å².